The lowest BCUT2D eigenvalue weighted by atomic mass is 10.3. The summed E-state index contributed by atoms with van der Waals surface area (Å²) in [6.07, 6.45) is 0. The van der Waals surface area contributed by atoms with Gasteiger partial charge in [0.15, 0.2) is 0 Å². The molecule has 0 amide bonds. The van der Waals surface area contributed by atoms with E-state index in [9.17, 15) is 0 Å². The molecule has 4 heteroatoms. The van der Waals surface area contributed by atoms with E-state index in [0.717, 1.165) is 15.8 Å². The lowest BCUT2D eigenvalue weighted by Gasteiger charge is -2.10. The van der Waals surface area contributed by atoms with Gasteiger partial charge in [-0.2, -0.15) is 0 Å². The van der Waals surface area contributed by atoms with Crippen LogP contribution in [-0.2, 0) is 0 Å². The molecule has 82 valence electrons. The molecule has 0 radical (unpaired) electrons. The van der Waals surface area contributed by atoms with Crippen molar-refractivity contribution in [1.29, 1.82) is 0 Å². The summed E-state index contributed by atoms with van der Waals surface area (Å²) in [5.74, 6) is 1.08. The van der Waals surface area contributed by atoms with Gasteiger partial charge >= 0.3 is 0 Å². The lowest BCUT2D eigenvalue weighted by Crippen LogP contribution is -2.02. The Morgan fingerprint density at radius 2 is 2.00 bits per heavy atom. The van der Waals surface area contributed by atoms with Gasteiger partial charge in [0.25, 0.3) is 0 Å². The van der Waals surface area contributed by atoms with Crippen molar-refractivity contribution in [1.82, 2.24) is 9.55 Å². The second-order valence-electron chi connectivity index (χ2n) is 3.76. The third kappa shape index (κ3) is 2.18. The van der Waals surface area contributed by atoms with Crippen molar-refractivity contribution in [2.45, 2.75) is 26.8 Å². The molecule has 1 heterocycles. The normalized spacial score (nSPS) is 10.7. The number of nitrogens with zero attached hydrogens (tertiary/aromatic N) is 2. The van der Waals surface area contributed by atoms with Gasteiger partial charge in [-0.25, -0.2) is 4.98 Å². The SMILES string of the molecule is Cc1nc2ccc(Br)cc2n1C(C)C.Cl. The highest BCUT2D eigenvalue weighted by molar-refractivity contribution is 9.10. The summed E-state index contributed by atoms with van der Waals surface area (Å²) in [4.78, 5) is 4.52. The highest BCUT2D eigenvalue weighted by Gasteiger charge is 2.09. The van der Waals surface area contributed by atoms with E-state index in [2.05, 4.69) is 45.4 Å². The van der Waals surface area contributed by atoms with Gasteiger partial charge in [-0.05, 0) is 39.0 Å². The van der Waals surface area contributed by atoms with Crippen molar-refractivity contribution in [3.63, 3.8) is 0 Å². The third-order valence-corrected chi connectivity index (χ3v) is 2.84. The molecule has 1 aromatic heterocycles. The first kappa shape index (κ1) is 12.5. The molecule has 15 heavy (non-hydrogen) atoms. The predicted molar refractivity (Wildman–Crippen MR) is 69.8 cm³/mol. The monoisotopic (exact) mass is 288 g/mol. The molecular weight excluding hydrogens is 275 g/mol. The Labute approximate surface area is 104 Å². The van der Waals surface area contributed by atoms with Crippen molar-refractivity contribution in [2.75, 3.05) is 0 Å². The number of hydrogen-bond donors (Lipinski definition) is 0. The molecule has 0 bridgehead atoms. The Balaban J connectivity index is 0.00000112. The molecule has 0 N–H and O–H groups in total. The molecule has 0 aliphatic carbocycles. The van der Waals surface area contributed by atoms with E-state index in [0.29, 0.717) is 6.04 Å². The molecule has 0 spiro atoms. The molecule has 2 rings (SSSR count). The maximum absolute atomic E-state index is 4.52. The van der Waals surface area contributed by atoms with Crippen molar-refractivity contribution >= 4 is 39.4 Å². The zero-order valence-corrected chi connectivity index (χ0v) is 11.4. The molecule has 0 atom stereocenters. The number of rotatable bonds is 1. The van der Waals surface area contributed by atoms with Gasteiger partial charge in [0.1, 0.15) is 5.82 Å². The summed E-state index contributed by atoms with van der Waals surface area (Å²) in [5.41, 5.74) is 2.27. The maximum Gasteiger partial charge on any atom is 0.106 e. The fraction of sp³-hybridized carbons (Fsp3) is 0.364. The van der Waals surface area contributed by atoms with Crippen LogP contribution in [-0.4, -0.2) is 9.55 Å². The Morgan fingerprint density at radius 1 is 1.33 bits per heavy atom. The zero-order valence-electron chi connectivity index (χ0n) is 8.99. The summed E-state index contributed by atoms with van der Waals surface area (Å²) in [7, 11) is 0. The third-order valence-electron chi connectivity index (χ3n) is 2.34. The van der Waals surface area contributed by atoms with Crippen LogP contribution in [0.1, 0.15) is 25.7 Å². The van der Waals surface area contributed by atoms with Crippen molar-refractivity contribution in [3.05, 3.63) is 28.5 Å². The van der Waals surface area contributed by atoms with Gasteiger partial charge < -0.3 is 4.57 Å². The number of halogens is 2. The van der Waals surface area contributed by atoms with Gasteiger partial charge in [0.05, 0.1) is 11.0 Å². The van der Waals surface area contributed by atoms with Crippen LogP contribution in [0.4, 0.5) is 0 Å². The van der Waals surface area contributed by atoms with Gasteiger partial charge in [0, 0.05) is 10.5 Å². The average Bonchev–Trinajstić information content (AvgIpc) is 2.40. The van der Waals surface area contributed by atoms with E-state index in [1.807, 2.05) is 19.1 Å². The molecule has 0 saturated carbocycles. The Morgan fingerprint density at radius 3 is 2.60 bits per heavy atom. The van der Waals surface area contributed by atoms with Crippen LogP contribution >= 0.6 is 28.3 Å². The fourth-order valence-corrected chi connectivity index (χ4v) is 2.19. The van der Waals surface area contributed by atoms with Crippen molar-refractivity contribution < 1.29 is 0 Å². The molecule has 0 aliphatic heterocycles. The van der Waals surface area contributed by atoms with Gasteiger partial charge in [-0.1, -0.05) is 15.9 Å². The van der Waals surface area contributed by atoms with Crippen molar-refractivity contribution in [2.24, 2.45) is 0 Å². The summed E-state index contributed by atoms with van der Waals surface area (Å²) in [5, 5.41) is 0. The number of imidazole rings is 1. The van der Waals surface area contributed by atoms with Crippen LogP contribution in [0.3, 0.4) is 0 Å². The van der Waals surface area contributed by atoms with Crippen LogP contribution < -0.4 is 0 Å². The van der Waals surface area contributed by atoms with E-state index in [1.54, 1.807) is 0 Å². The number of aryl methyl sites for hydroxylation is 1. The average molecular weight is 290 g/mol. The van der Waals surface area contributed by atoms with Crippen LogP contribution in [0, 0.1) is 6.92 Å². The van der Waals surface area contributed by atoms with Crippen molar-refractivity contribution in [3.8, 4) is 0 Å². The largest absolute Gasteiger partial charge is 0.326 e. The summed E-state index contributed by atoms with van der Waals surface area (Å²) >= 11 is 3.48. The fourth-order valence-electron chi connectivity index (χ4n) is 1.84. The standard InChI is InChI=1S/C11H13BrN2.ClH/c1-7(2)14-8(3)13-10-5-4-9(12)6-11(10)14;/h4-7H,1-3H3;1H. The molecule has 1 aromatic carbocycles. The maximum atomic E-state index is 4.52. The molecule has 0 fully saturated rings. The second kappa shape index (κ2) is 4.54. The number of hydrogen-bond acceptors (Lipinski definition) is 1. The van der Waals surface area contributed by atoms with E-state index in [4.69, 9.17) is 0 Å². The molecular formula is C11H14BrClN2. The molecule has 0 aliphatic rings. The number of fused-ring (bicyclic) bond motifs is 1. The second-order valence-corrected chi connectivity index (χ2v) is 4.67. The highest BCUT2D eigenvalue weighted by Crippen LogP contribution is 2.23. The predicted octanol–water partition coefficient (Wildman–Crippen LogP) is 4.11. The smallest absolute Gasteiger partial charge is 0.106 e. The Kier molecular flexibility index (Phi) is 3.79. The summed E-state index contributed by atoms with van der Waals surface area (Å²) in [6, 6.07) is 6.65. The van der Waals surface area contributed by atoms with Crippen LogP contribution in [0.5, 0.6) is 0 Å². The van der Waals surface area contributed by atoms with E-state index in [1.165, 1.54) is 5.52 Å². The van der Waals surface area contributed by atoms with Gasteiger partial charge in [0.2, 0.25) is 0 Å². The molecule has 2 nitrogen and oxygen atoms in total. The van der Waals surface area contributed by atoms with Gasteiger partial charge in [-0.3, -0.25) is 0 Å². The Hall–Kier alpha value is -0.540. The highest BCUT2D eigenvalue weighted by atomic mass is 79.9. The summed E-state index contributed by atoms with van der Waals surface area (Å²) in [6.45, 7) is 6.40. The molecule has 0 unspecified atom stereocenters. The first-order valence-corrected chi connectivity index (χ1v) is 5.53. The van der Waals surface area contributed by atoms with E-state index >= 15 is 0 Å². The first-order chi connectivity index (χ1) is 6.59. The minimum atomic E-state index is 0. The van der Waals surface area contributed by atoms with E-state index in [-0.39, 0.29) is 12.4 Å². The summed E-state index contributed by atoms with van der Waals surface area (Å²) < 4.78 is 3.35. The minimum absolute atomic E-state index is 0. The van der Waals surface area contributed by atoms with Crippen LogP contribution in [0.25, 0.3) is 11.0 Å². The quantitative estimate of drug-likeness (QED) is 0.772. The van der Waals surface area contributed by atoms with Crippen LogP contribution in [0.2, 0.25) is 0 Å². The lowest BCUT2D eigenvalue weighted by molar-refractivity contribution is 0.600. The first-order valence-electron chi connectivity index (χ1n) is 4.73. The topological polar surface area (TPSA) is 17.8 Å². The van der Waals surface area contributed by atoms with E-state index < -0.39 is 0 Å². The molecule has 0 saturated heterocycles. The zero-order chi connectivity index (χ0) is 10.3. The Bertz CT molecular complexity index is 477. The minimum Gasteiger partial charge on any atom is -0.326 e. The number of benzene rings is 1. The molecule has 2 aromatic rings. The van der Waals surface area contributed by atoms with Gasteiger partial charge in [-0.15, -0.1) is 12.4 Å². The van der Waals surface area contributed by atoms with Crippen LogP contribution in [0.15, 0.2) is 22.7 Å². The number of aromatic nitrogens is 2.